The second-order valence-corrected chi connectivity index (χ2v) is 4.56. The van der Waals surface area contributed by atoms with Crippen LogP contribution in [0.2, 0.25) is 0 Å². The Morgan fingerprint density at radius 2 is 2.16 bits per heavy atom. The number of nitrogens with zero attached hydrogens (tertiary/aromatic N) is 2. The number of pyridine rings is 1. The fourth-order valence-corrected chi connectivity index (χ4v) is 2.48. The summed E-state index contributed by atoms with van der Waals surface area (Å²) in [6.45, 7) is 2.62. The van der Waals surface area contributed by atoms with Crippen molar-refractivity contribution in [2.45, 2.75) is 5.92 Å². The summed E-state index contributed by atoms with van der Waals surface area (Å²) in [4.78, 5) is 17.3. The summed E-state index contributed by atoms with van der Waals surface area (Å²) in [5.41, 5.74) is 1.01. The van der Waals surface area contributed by atoms with Gasteiger partial charge in [-0.05, 0) is 17.7 Å². The molecular formula is C13H17LiN2O3. The fourth-order valence-electron chi connectivity index (χ4n) is 2.48. The molecule has 2 rings (SSSR count). The van der Waals surface area contributed by atoms with Gasteiger partial charge in [0.2, 0.25) is 0 Å². The molecule has 1 fully saturated rings. The summed E-state index contributed by atoms with van der Waals surface area (Å²) in [5.74, 6) is -1.45. The summed E-state index contributed by atoms with van der Waals surface area (Å²) >= 11 is 0. The third-order valence-corrected chi connectivity index (χ3v) is 3.44. The zero-order valence-corrected chi connectivity index (χ0v) is 11.4. The largest absolute Gasteiger partial charge is 1.00 e. The van der Waals surface area contributed by atoms with Gasteiger partial charge in [0, 0.05) is 56.9 Å². The van der Waals surface area contributed by atoms with Gasteiger partial charge in [0.25, 0.3) is 0 Å². The van der Waals surface area contributed by atoms with Crippen LogP contribution in [0.3, 0.4) is 0 Å². The first-order valence-corrected chi connectivity index (χ1v) is 6.04. The molecule has 0 radical (unpaired) electrons. The molecule has 19 heavy (non-hydrogen) atoms. The van der Waals surface area contributed by atoms with Gasteiger partial charge in [-0.3, -0.25) is 9.88 Å². The van der Waals surface area contributed by atoms with Crippen molar-refractivity contribution in [1.82, 2.24) is 9.88 Å². The van der Waals surface area contributed by atoms with Crippen LogP contribution in [0.1, 0.15) is 11.5 Å². The summed E-state index contributed by atoms with van der Waals surface area (Å²) in [6, 6.07) is 3.75. The molecule has 0 N–H and O–H groups in total. The average Bonchev–Trinajstić information content (AvgIpc) is 2.82. The molecular weight excluding hydrogens is 239 g/mol. The predicted molar refractivity (Wildman–Crippen MR) is 63.8 cm³/mol. The van der Waals surface area contributed by atoms with Crippen LogP contribution in [0.5, 0.6) is 0 Å². The van der Waals surface area contributed by atoms with E-state index in [1.807, 2.05) is 12.1 Å². The Hall–Kier alpha value is -0.863. The molecule has 1 saturated heterocycles. The maximum atomic E-state index is 11.2. The molecule has 1 aromatic heterocycles. The van der Waals surface area contributed by atoms with Crippen LogP contribution in [0.4, 0.5) is 0 Å². The summed E-state index contributed by atoms with van der Waals surface area (Å²) in [7, 11) is 1.65. The van der Waals surface area contributed by atoms with E-state index in [1.165, 1.54) is 0 Å². The Morgan fingerprint density at radius 3 is 2.74 bits per heavy atom. The van der Waals surface area contributed by atoms with Gasteiger partial charge in [-0.15, -0.1) is 0 Å². The number of hydrogen-bond acceptors (Lipinski definition) is 5. The maximum absolute atomic E-state index is 11.2. The van der Waals surface area contributed by atoms with Crippen molar-refractivity contribution in [1.29, 1.82) is 0 Å². The number of carboxylic acids is 1. The molecule has 1 aromatic rings. The molecule has 5 nitrogen and oxygen atoms in total. The fraction of sp³-hybridized carbons (Fsp3) is 0.538. The second kappa shape index (κ2) is 7.66. The van der Waals surface area contributed by atoms with Crippen molar-refractivity contribution in [3.63, 3.8) is 0 Å². The first-order valence-electron chi connectivity index (χ1n) is 6.04. The number of methoxy groups -OCH3 is 1. The van der Waals surface area contributed by atoms with Crippen molar-refractivity contribution in [2.24, 2.45) is 5.92 Å². The molecule has 0 aromatic carbocycles. The molecule has 0 amide bonds. The van der Waals surface area contributed by atoms with E-state index in [9.17, 15) is 9.90 Å². The van der Waals surface area contributed by atoms with Crippen LogP contribution >= 0.6 is 0 Å². The minimum atomic E-state index is -0.975. The number of rotatable bonds is 5. The second-order valence-electron chi connectivity index (χ2n) is 4.56. The molecule has 0 spiro atoms. The van der Waals surface area contributed by atoms with E-state index in [-0.39, 0.29) is 24.8 Å². The van der Waals surface area contributed by atoms with Gasteiger partial charge in [-0.25, -0.2) is 0 Å². The van der Waals surface area contributed by atoms with Crippen LogP contribution in [-0.2, 0) is 9.53 Å². The van der Waals surface area contributed by atoms with E-state index in [1.54, 1.807) is 19.5 Å². The van der Waals surface area contributed by atoms with Gasteiger partial charge in [-0.1, -0.05) is 0 Å². The van der Waals surface area contributed by atoms with Gasteiger partial charge >= 0.3 is 18.9 Å². The first-order chi connectivity index (χ1) is 8.72. The third-order valence-electron chi connectivity index (χ3n) is 3.44. The van der Waals surface area contributed by atoms with Gasteiger partial charge in [-0.2, -0.15) is 0 Å². The molecule has 98 valence electrons. The SMILES string of the molecule is COCCN1CC(C(=O)[O-])C(c2ccncc2)C1.[Li+]. The molecule has 2 atom stereocenters. The summed E-state index contributed by atoms with van der Waals surface area (Å²) in [6.07, 6.45) is 3.39. The number of carbonyl (C=O) groups is 1. The van der Waals surface area contributed by atoms with E-state index in [4.69, 9.17) is 4.74 Å². The molecule has 2 heterocycles. The minimum absolute atomic E-state index is 0. The van der Waals surface area contributed by atoms with Crippen molar-refractivity contribution in [3.8, 4) is 0 Å². The van der Waals surface area contributed by atoms with E-state index in [2.05, 4.69) is 9.88 Å². The Morgan fingerprint density at radius 1 is 1.47 bits per heavy atom. The topological polar surface area (TPSA) is 65.5 Å². The molecule has 6 heteroatoms. The molecule has 1 aliphatic rings. The molecule has 0 aliphatic carbocycles. The Bertz CT molecular complexity index is 402. The quantitative estimate of drug-likeness (QED) is 0.511. The first kappa shape index (κ1) is 16.2. The normalized spacial score (nSPS) is 23.0. The minimum Gasteiger partial charge on any atom is -0.550 e. The molecule has 1 aliphatic heterocycles. The molecule has 0 saturated carbocycles. The standard InChI is InChI=1S/C13H18N2O3.Li/c1-18-7-6-15-8-11(12(9-15)13(16)17)10-2-4-14-5-3-10;/h2-5,11-12H,6-9H2,1H3,(H,16,17);/q;+1/p-1. The van der Waals surface area contributed by atoms with Gasteiger partial charge < -0.3 is 14.6 Å². The summed E-state index contributed by atoms with van der Waals surface area (Å²) < 4.78 is 5.03. The number of aliphatic carboxylic acids is 1. The van der Waals surface area contributed by atoms with E-state index in [0.29, 0.717) is 13.2 Å². The number of likely N-dealkylation sites (tertiary alicyclic amines) is 1. The van der Waals surface area contributed by atoms with Crippen LogP contribution in [0.25, 0.3) is 0 Å². The maximum Gasteiger partial charge on any atom is 1.00 e. The van der Waals surface area contributed by atoms with Gasteiger partial charge in [0.05, 0.1) is 6.61 Å². The Kier molecular flexibility index (Phi) is 6.53. The van der Waals surface area contributed by atoms with Crippen LogP contribution in [0.15, 0.2) is 24.5 Å². The van der Waals surface area contributed by atoms with Crippen molar-refractivity contribution < 1.29 is 33.5 Å². The van der Waals surface area contributed by atoms with E-state index in [0.717, 1.165) is 18.7 Å². The number of ether oxygens (including phenoxy) is 1. The third kappa shape index (κ3) is 4.05. The van der Waals surface area contributed by atoms with Crippen LogP contribution < -0.4 is 24.0 Å². The Labute approximate surface area is 125 Å². The summed E-state index contributed by atoms with van der Waals surface area (Å²) in [5, 5.41) is 11.2. The zero-order valence-electron chi connectivity index (χ0n) is 11.4. The monoisotopic (exact) mass is 256 g/mol. The predicted octanol–water partition coefficient (Wildman–Crippen LogP) is -3.50. The van der Waals surface area contributed by atoms with Gasteiger partial charge in [0.1, 0.15) is 0 Å². The smallest absolute Gasteiger partial charge is 0.550 e. The molecule has 2 unspecified atom stereocenters. The van der Waals surface area contributed by atoms with Crippen molar-refractivity contribution in [3.05, 3.63) is 30.1 Å². The number of carbonyl (C=O) groups excluding carboxylic acids is 1. The zero-order chi connectivity index (χ0) is 13.0. The van der Waals surface area contributed by atoms with E-state index >= 15 is 0 Å². The van der Waals surface area contributed by atoms with Gasteiger partial charge in [0.15, 0.2) is 0 Å². The van der Waals surface area contributed by atoms with Crippen LogP contribution in [-0.4, -0.2) is 49.2 Å². The number of carboxylic acid groups (broad SMARTS) is 1. The Balaban J connectivity index is 0.00000180. The van der Waals surface area contributed by atoms with Crippen LogP contribution in [0, 0.1) is 5.92 Å². The van der Waals surface area contributed by atoms with Crippen molar-refractivity contribution >= 4 is 5.97 Å². The number of hydrogen-bond donors (Lipinski definition) is 0. The average molecular weight is 256 g/mol. The van der Waals surface area contributed by atoms with E-state index < -0.39 is 11.9 Å². The molecule has 0 bridgehead atoms. The van der Waals surface area contributed by atoms with Crippen molar-refractivity contribution in [2.75, 3.05) is 33.4 Å². The number of aromatic nitrogens is 1.